The second kappa shape index (κ2) is 7.85. The minimum atomic E-state index is -1.72. The summed E-state index contributed by atoms with van der Waals surface area (Å²) >= 11 is 0. The molecule has 0 unspecified atom stereocenters. The van der Waals surface area contributed by atoms with Gasteiger partial charge in [0.15, 0.2) is 6.20 Å². The molecule has 0 aliphatic carbocycles. The predicted octanol–water partition coefficient (Wildman–Crippen LogP) is 5.59. The fourth-order valence-corrected chi connectivity index (χ4v) is 6.75. The second-order valence-corrected chi connectivity index (χ2v) is 13.7. The standard InChI is InChI=1S/C28H32NSi/c1-20(2)22-13-12-21(3)27(19-22)28-26-15-14-25(18-23(26)16-17-29(28)4)30(5,6)24-10-8-7-9-11-24/h7-20H,1-6H3/q+1. The third-order valence-electron chi connectivity index (χ3n) is 6.54. The maximum Gasteiger partial charge on any atom is 0.220 e. The van der Waals surface area contributed by atoms with E-state index in [9.17, 15) is 0 Å². The Hall–Kier alpha value is -2.71. The van der Waals surface area contributed by atoms with Crippen LogP contribution in [0.3, 0.4) is 0 Å². The van der Waals surface area contributed by atoms with Crippen LogP contribution in [0.1, 0.15) is 30.9 Å². The molecule has 1 heterocycles. The van der Waals surface area contributed by atoms with Crippen molar-refractivity contribution in [3.63, 3.8) is 0 Å². The van der Waals surface area contributed by atoms with Crippen LogP contribution in [0.25, 0.3) is 22.0 Å². The average molecular weight is 411 g/mol. The highest BCUT2D eigenvalue weighted by atomic mass is 28.3. The van der Waals surface area contributed by atoms with Gasteiger partial charge < -0.3 is 0 Å². The number of hydrogen-bond acceptors (Lipinski definition) is 0. The van der Waals surface area contributed by atoms with Crippen molar-refractivity contribution >= 4 is 29.2 Å². The van der Waals surface area contributed by atoms with E-state index >= 15 is 0 Å². The van der Waals surface area contributed by atoms with E-state index in [0.29, 0.717) is 5.92 Å². The van der Waals surface area contributed by atoms with Crippen molar-refractivity contribution in [2.75, 3.05) is 0 Å². The summed E-state index contributed by atoms with van der Waals surface area (Å²) in [7, 11) is 0.435. The minimum Gasteiger partial charge on any atom is -0.200 e. The van der Waals surface area contributed by atoms with Crippen molar-refractivity contribution in [2.45, 2.75) is 39.8 Å². The highest BCUT2D eigenvalue weighted by Crippen LogP contribution is 2.30. The number of nitrogens with zero attached hydrogens (tertiary/aromatic N) is 1. The van der Waals surface area contributed by atoms with Gasteiger partial charge in [0.2, 0.25) is 5.69 Å². The SMILES string of the molecule is Cc1ccc(C(C)C)cc1-c1c2ccc([Si](C)(C)c3ccccc3)cc2cc[n+]1C. The maximum atomic E-state index is 2.45. The first-order valence-electron chi connectivity index (χ1n) is 10.9. The molecule has 0 fully saturated rings. The zero-order chi connectivity index (χ0) is 21.5. The van der Waals surface area contributed by atoms with E-state index in [2.05, 4.69) is 124 Å². The molecular formula is C28H32NSi+. The van der Waals surface area contributed by atoms with E-state index in [1.807, 2.05) is 0 Å². The largest absolute Gasteiger partial charge is 0.220 e. The first-order chi connectivity index (χ1) is 14.3. The summed E-state index contributed by atoms with van der Waals surface area (Å²) in [4.78, 5) is 0. The number of pyridine rings is 1. The molecule has 0 spiro atoms. The summed E-state index contributed by atoms with van der Waals surface area (Å²) in [5.41, 5.74) is 5.35. The van der Waals surface area contributed by atoms with E-state index in [1.54, 1.807) is 0 Å². The van der Waals surface area contributed by atoms with E-state index in [0.717, 1.165) is 0 Å². The molecule has 30 heavy (non-hydrogen) atoms. The van der Waals surface area contributed by atoms with Gasteiger partial charge in [0.05, 0.1) is 5.39 Å². The molecule has 3 aromatic carbocycles. The summed E-state index contributed by atoms with van der Waals surface area (Å²) in [6, 6.07) is 27.3. The summed E-state index contributed by atoms with van der Waals surface area (Å²) in [5, 5.41) is 5.61. The second-order valence-electron chi connectivity index (χ2n) is 9.30. The molecule has 4 aromatic rings. The average Bonchev–Trinajstić information content (AvgIpc) is 2.74. The molecule has 0 aliphatic rings. The third-order valence-corrected chi connectivity index (χ3v) is 10.1. The molecule has 1 aromatic heterocycles. The molecule has 0 aliphatic heterocycles. The lowest BCUT2D eigenvalue weighted by atomic mass is 9.94. The van der Waals surface area contributed by atoms with Crippen molar-refractivity contribution in [1.82, 2.24) is 0 Å². The molecule has 0 saturated carbocycles. The Bertz CT molecular complexity index is 1210. The molecule has 2 heteroatoms. The van der Waals surface area contributed by atoms with E-state index in [-0.39, 0.29) is 0 Å². The molecule has 0 N–H and O–H groups in total. The summed E-state index contributed by atoms with van der Waals surface area (Å²) in [6.07, 6.45) is 2.21. The predicted molar refractivity (Wildman–Crippen MR) is 133 cm³/mol. The molecule has 1 nitrogen and oxygen atoms in total. The first kappa shape index (κ1) is 20.6. The molecule has 0 saturated heterocycles. The minimum absolute atomic E-state index is 0.522. The van der Waals surface area contributed by atoms with Crippen LogP contribution in [-0.4, -0.2) is 8.07 Å². The van der Waals surface area contributed by atoms with Gasteiger partial charge in [0, 0.05) is 11.6 Å². The Morgan fingerprint density at radius 1 is 0.800 bits per heavy atom. The van der Waals surface area contributed by atoms with Crippen LogP contribution in [0.15, 0.2) is 79.0 Å². The Balaban J connectivity index is 1.90. The summed E-state index contributed by atoms with van der Waals surface area (Å²) in [5.74, 6) is 0.522. The van der Waals surface area contributed by atoms with Crippen LogP contribution in [-0.2, 0) is 7.05 Å². The van der Waals surface area contributed by atoms with Crippen LogP contribution in [0, 0.1) is 6.92 Å². The zero-order valence-corrected chi connectivity index (χ0v) is 20.0. The lowest BCUT2D eigenvalue weighted by Gasteiger charge is -2.24. The van der Waals surface area contributed by atoms with Crippen LogP contribution < -0.4 is 14.9 Å². The van der Waals surface area contributed by atoms with Gasteiger partial charge in [0.1, 0.15) is 15.1 Å². The fourth-order valence-electron chi connectivity index (χ4n) is 4.37. The first-order valence-corrected chi connectivity index (χ1v) is 13.9. The van der Waals surface area contributed by atoms with Gasteiger partial charge in [-0.3, -0.25) is 0 Å². The lowest BCUT2D eigenvalue weighted by molar-refractivity contribution is -0.659. The van der Waals surface area contributed by atoms with Gasteiger partial charge in [-0.2, -0.15) is 0 Å². The van der Waals surface area contributed by atoms with Crippen molar-refractivity contribution in [3.8, 4) is 11.3 Å². The number of aryl methyl sites for hydroxylation is 2. The van der Waals surface area contributed by atoms with Gasteiger partial charge >= 0.3 is 0 Å². The van der Waals surface area contributed by atoms with Crippen LogP contribution in [0.2, 0.25) is 13.1 Å². The molecule has 4 rings (SSSR count). The smallest absolute Gasteiger partial charge is 0.200 e. The van der Waals surface area contributed by atoms with Crippen LogP contribution in [0.5, 0.6) is 0 Å². The van der Waals surface area contributed by atoms with Crippen molar-refractivity contribution < 1.29 is 4.57 Å². The molecule has 0 radical (unpaired) electrons. The molecule has 0 amide bonds. The van der Waals surface area contributed by atoms with Crippen molar-refractivity contribution in [2.24, 2.45) is 7.05 Å². The maximum absolute atomic E-state index is 2.45. The Morgan fingerprint density at radius 2 is 1.53 bits per heavy atom. The summed E-state index contributed by atoms with van der Waals surface area (Å²) in [6.45, 7) is 11.6. The highest BCUT2D eigenvalue weighted by Gasteiger charge is 2.27. The van der Waals surface area contributed by atoms with E-state index < -0.39 is 8.07 Å². The fraction of sp³-hybridized carbons (Fsp3) is 0.250. The zero-order valence-electron chi connectivity index (χ0n) is 19.0. The van der Waals surface area contributed by atoms with Crippen LogP contribution >= 0.6 is 0 Å². The Labute approximate surface area is 182 Å². The van der Waals surface area contributed by atoms with E-state index in [1.165, 1.54) is 43.5 Å². The molecule has 152 valence electrons. The number of fused-ring (bicyclic) bond motifs is 1. The van der Waals surface area contributed by atoms with Crippen molar-refractivity contribution in [3.05, 3.63) is 90.1 Å². The topological polar surface area (TPSA) is 3.88 Å². The Kier molecular flexibility index (Phi) is 5.38. The Morgan fingerprint density at radius 3 is 2.23 bits per heavy atom. The van der Waals surface area contributed by atoms with Gasteiger partial charge in [-0.05, 0) is 41.5 Å². The monoisotopic (exact) mass is 410 g/mol. The molecule has 0 atom stereocenters. The molecular weight excluding hydrogens is 378 g/mol. The van der Waals surface area contributed by atoms with Gasteiger partial charge in [-0.1, -0.05) is 91.9 Å². The van der Waals surface area contributed by atoms with Gasteiger partial charge in [-0.25, -0.2) is 4.57 Å². The van der Waals surface area contributed by atoms with Crippen LogP contribution in [0.4, 0.5) is 0 Å². The lowest BCUT2D eigenvalue weighted by Crippen LogP contribution is -2.52. The highest BCUT2D eigenvalue weighted by molar-refractivity contribution is 7.00. The third kappa shape index (κ3) is 3.61. The van der Waals surface area contributed by atoms with E-state index in [4.69, 9.17) is 0 Å². The molecule has 0 bridgehead atoms. The van der Waals surface area contributed by atoms with Gasteiger partial charge in [-0.15, -0.1) is 0 Å². The number of hydrogen-bond donors (Lipinski definition) is 0. The summed E-state index contributed by atoms with van der Waals surface area (Å²) < 4.78 is 2.27. The number of benzene rings is 3. The number of rotatable bonds is 4. The van der Waals surface area contributed by atoms with Crippen molar-refractivity contribution in [1.29, 1.82) is 0 Å². The quantitative estimate of drug-likeness (QED) is 0.305. The van der Waals surface area contributed by atoms with Gasteiger partial charge in [0.25, 0.3) is 0 Å². The number of aromatic nitrogens is 1. The normalized spacial score (nSPS) is 12.0.